The molecule has 3 rings (SSSR count). The Morgan fingerprint density at radius 1 is 0.929 bits per heavy atom. The van der Waals surface area contributed by atoms with Gasteiger partial charge in [0.1, 0.15) is 0 Å². The lowest BCUT2D eigenvalue weighted by atomic mass is 10.1. The van der Waals surface area contributed by atoms with Crippen molar-refractivity contribution >= 4 is 17.5 Å². The van der Waals surface area contributed by atoms with Crippen LogP contribution in [0, 0.1) is 0 Å². The Hall–Kier alpha value is -2.82. The minimum absolute atomic E-state index is 0.00181. The zero-order valence-electron chi connectivity index (χ0n) is 16.8. The van der Waals surface area contributed by atoms with Gasteiger partial charge in [0.05, 0.1) is 6.04 Å². The van der Waals surface area contributed by atoms with Crippen molar-refractivity contribution in [3.05, 3.63) is 66.2 Å². The lowest BCUT2D eigenvalue weighted by molar-refractivity contribution is -0.134. The summed E-state index contributed by atoms with van der Waals surface area (Å²) in [6, 6.07) is 20.2. The summed E-state index contributed by atoms with van der Waals surface area (Å²) in [5.74, 6) is 0.122. The quantitative estimate of drug-likeness (QED) is 0.773. The molecule has 1 fully saturated rings. The van der Waals surface area contributed by atoms with E-state index in [4.69, 9.17) is 0 Å². The van der Waals surface area contributed by atoms with Crippen molar-refractivity contribution < 1.29 is 9.59 Å². The van der Waals surface area contributed by atoms with E-state index in [9.17, 15) is 9.59 Å². The van der Waals surface area contributed by atoms with Crippen LogP contribution in [-0.4, -0.2) is 54.3 Å². The molecule has 148 valence electrons. The van der Waals surface area contributed by atoms with Crippen molar-refractivity contribution in [2.24, 2.45) is 0 Å². The standard InChI is InChI=1S/C23H29N3O2/c1-19(21-9-5-3-6-10-21)26(20(2)27)14-13-23(28)25-17-15-24(16-18-25)22-11-7-4-8-12-22/h3-12,19H,13-18H2,1-2H3. The lowest BCUT2D eigenvalue weighted by Crippen LogP contribution is -2.49. The van der Waals surface area contributed by atoms with Gasteiger partial charge in [0.25, 0.3) is 0 Å². The van der Waals surface area contributed by atoms with Crippen LogP contribution in [0.25, 0.3) is 0 Å². The van der Waals surface area contributed by atoms with E-state index in [1.165, 1.54) is 5.69 Å². The predicted octanol–water partition coefficient (Wildman–Crippen LogP) is 3.34. The van der Waals surface area contributed by atoms with E-state index < -0.39 is 0 Å². The molecule has 5 nitrogen and oxygen atoms in total. The molecule has 1 heterocycles. The second-order valence-electron chi connectivity index (χ2n) is 7.25. The van der Waals surface area contributed by atoms with Gasteiger partial charge in [0, 0.05) is 51.8 Å². The number of benzene rings is 2. The van der Waals surface area contributed by atoms with Crippen molar-refractivity contribution in [1.82, 2.24) is 9.80 Å². The first-order valence-corrected chi connectivity index (χ1v) is 9.96. The summed E-state index contributed by atoms with van der Waals surface area (Å²) in [7, 11) is 0. The third kappa shape index (κ3) is 4.91. The van der Waals surface area contributed by atoms with Crippen LogP contribution in [0.2, 0.25) is 0 Å². The normalized spacial score (nSPS) is 15.2. The van der Waals surface area contributed by atoms with Crippen molar-refractivity contribution in [2.75, 3.05) is 37.6 Å². The Morgan fingerprint density at radius 3 is 2.07 bits per heavy atom. The molecule has 0 aliphatic carbocycles. The predicted molar refractivity (Wildman–Crippen MR) is 112 cm³/mol. The Morgan fingerprint density at radius 2 is 1.50 bits per heavy atom. The highest BCUT2D eigenvalue weighted by molar-refractivity contribution is 5.78. The zero-order valence-corrected chi connectivity index (χ0v) is 16.8. The van der Waals surface area contributed by atoms with Crippen LogP contribution >= 0.6 is 0 Å². The maximum atomic E-state index is 12.7. The fourth-order valence-corrected chi connectivity index (χ4v) is 3.76. The number of amides is 2. The summed E-state index contributed by atoms with van der Waals surface area (Å²) >= 11 is 0. The molecule has 0 spiro atoms. The minimum atomic E-state index is -0.0403. The minimum Gasteiger partial charge on any atom is -0.368 e. The van der Waals surface area contributed by atoms with E-state index in [0.717, 1.165) is 31.7 Å². The average molecular weight is 380 g/mol. The van der Waals surface area contributed by atoms with Crippen LogP contribution in [-0.2, 0) is 9.59 Å². The van der Waals surface area contributed by atoms with Crippen LogP contribution in [0.3, 0.4) is 0 Å². The van der Waals surface area contributed by atoms with Crippen LogP contribution in [0.5, 0.6) is 0 Å². The Kier molecular flexibility index (Phi) is 6.69. The molecule has 1 aliphatic rings. The highest BCUT2D eigenvalue weighted by Gasteiger charge is 2.24. The first-order valence-electron chi connectivity index (χ1n) is 9.96. The summed E-state index contributed by atoms with van der Waals surface area (Å²) in [5, 5.41) is 0. The van der Waals surface area contributed by atoms with Crippen LogP contribution in [0.4, 0.5) is 5.69 Å². The van der Waals surface area contributed by atoms with Crippen LogP contribution in [0.15, 0.2) is 60.7 Å². The van der Waals surface area contributed by atoms with Gasteiger partial charge >= 0.3 is 0 Å². The Balaban J connectivity index is 1.52. The number of carbonyl (C=O) groups excluding carboxylic acids is 2. The fraction of sp³-hybridized carbons (Fsp3) is 0.391. The molecular formula is C23H29N3O2. The van der Waals surface area contributed by atoms with Gasteiger partial charge in [-0.1, -0.05) is 48.5 Å². The van der Waals surface area contributed by atoms with Crippen molar-refractivity contribution in [2.45, 2.75) is 26.3 Å². The molecule has 1 atom stereocenters. The van der Waals surface area contributed by atoms with E-state index in [-0.39, 0.29) is 17.9 Å². The third-order valence-corrected chi connectivity index (χ3v) is 5.47. The second-order valence-corrected chi connectivity index (χ2v) is 7.25. The average Bonchev–Trinajstić information content (AvgIpc) is 2.74. The Bertz CT molecular complexity index is 771. The van der Waals surface area contributed by atoms with Crippen LogP contribution in [0.1, 0.15) is 31.9 Å². The topological polar surface area (TPSA) is 43.9 Å². The van der Waals surface area contributed by atoms with Gasteiger partial charge < -0.3 is 14.7 Å². The van der Waals surface area contributed by atoms with Gasteiger partial charge in [-0.05, 0) is 24.6 Å². The second kappa shape index (κ2) is 9.40. The molecule has 2 aromatic carbocycles. The number of nitrogens with zero attached hydrogens (tertiary/aromatic N) is 3. The number of carbonyl (C=O) groups is 2. The largest absolute Gasteiger partial charge is 0.368 e. The van der Waals surface area contributed by atoms with Gasteiger partial charge in [-0.2, -0.15) is 0 Å². The smallest absolute Gasteiger partial charge is 0.224 e. The Labute approximate surface area is 167 Å². The number of anilines is 1. The van der Waals surface area contributed by atoms with Gasteiger partial charge in [-0.25, -0.2) is 0 Å². The first-order chi connectivity index (χ1) is 13.6. The molecule has 0 bridgehead atoms. The van der Waals surface area contributed by atoms with Crippen LogP contribution < -0.4 is 4.90 Å². The molecule has 1 unspecified atom stereocenters. The number of piperazine rings is 1. The number of hydrogen-bond donors (Lipinski definition) is 0. The summed E-state index contributed by atoms with van der Waals surface area (Å²) in [6.07, 6.45) is 0.363. The lowest BCUT2D eigenvalue weighted by Gasteiger charge is -2.36. The van der Waals surface area contributed by atoms with Gasteiger partial charge in [0.15, 0.2) is 0 Å². The maximum absolute atomic E-state index is 12.7. The molecule has 28 heavy (non-hydrogen) atoms. The molecule has 0 saturated carbocycles. The number of hydrogen-bond acceptors (Lipinski definition) is 3. The number of para-hydroxylation sites is 1. The molecule has 2 aromatic rings. The molecule has 5 heteroatoms. The van der Waals surface area contributed by atoms with E-state index >= 15 is 0 Å². The zero-order chi connectivity index (χ0) is 19.9. The molecule has 0 radical (unpaired) electrons. The van der Waals surface area contributed by atoms with E-state index in [2.05, 4.69) is 17.0 Å². The third-order valence-electron chi connectivity index (χ3n) is 5.47. The molecule has 2 amide bonds. The highest BCUT2D eigenvalue weighted by Crippen LogP contribution is 2.21. The number of rotatable bonds is 6. The van der Waals surface area contributed by atoms with E-state index in [1.54, 1.807) is 11.8 Å². The first kappa shape index (κ1) is 19.9. The highest BCUT2D eigenvalue weighted by atomic mass is 16.2. The molecule has 0 N–H and O–H groups in total. The summed E-state index contributed by atoms with van der Waals surface area (Å²) in [6.45, 7) is 7.16. The molecule has 1 aliphatic heterocycles. The van der Waals surface area contributed by atoms with Gasteiger partial charge in [0.2, 0.25) is 11.8 Å². The fourth-order valence-electron chi connectivity index (χ4n) is 3.76. The maximum Gasteiger partial charge on any atom is 0.224 e. The van der Waals surface area contributed by atoms with Crippen molar-refractivity contribution in [3.63, 3.8) is 0 Å². The van der Waals surface area contributed by atoms with Gasteiger partial charge in [-0.15, -0.1) is 0 Å². The summed E-state index contributed by atoms with van der Waals surface area (Å²) in [5.41, 5.74) is 2.29. The van der Waals surface area contributed by atoms with Gasteiger partial charge in [-0.3, -0.25) is 9.59 Å². The molecular weight excluding hydrogens is 350 g/mol. The van der Waals surface area contributed by atoms with E-state index in [0.29, 0.717) is 13.0 Å². The SMILES string of the molecule is CC(=O)N(CCC(=O)N1CCN(c2ccccc2)CC1)C(C)c1ccccc1. The van der Waals surface area contributed by atoms with E-state index in [1.807, 2.05) is 60.4 Å². The molecule has 0 aromatic heterocycles. The monoisotopic (exact) mass is 379 g/mol. The van der Waals surface area contributed by atoms with Crippen molar-refractivity contribution in [3.8, 4) is 0 Å². The molecule has 1 saturated heterocycles. The van der Waals surface area contributed by atoms with Crippen molar-refractivity contribution in [1.29, 1.82) is 0 Å². The summed E-state index contributed by atoms with van der Waals surface area (Å²) in [4.78, 5) is 30.9. The summed E-state index contributed by atoms with van der Waals surface area (Å²) < 4.78 is 0.